The highest BCUT2D eigenvalue weighted by Gasteiger charge is 2.10. The Labute approximate surface area is 195 Å². The van der Waals surface area contributed by atoms with E-state index in [0.717, 1.165) is 5.69 Å². The molecule has 0 atom stereocenters. The fraction of sp³-hybridized carbons (Fsp3) is 0.0909. The van der Waals surface area contributed by atoms with Gasteiger partial charge in [-0.2, -0.15) is 0 Å². The van der Waals surface area contributed by atoms with Crippen molar-refractivity contribution in [3.05, 3.63) is 76.3 Å². The van der Waals surface area contributed by atoms with E-state index in [2.05, 4.69) is 16.0 Å². The molecule has 0 aliphatic rings. The molecule has 3 rings (SSSR count). The van der Waals surface area contributed by atoms with Crippen LogP contribution in [0.2, 0.25) is 10.0 Å². The van der Waals surface area contributed by atoms with Crippen LogP contribution in [0.4, 0.5) is 17.1 Å². The predicted molar refractivity (Wildman–Crippen MR) is 130 cm³/mol. The predicted octanol–water partition coefficient (Wildman–Crippen LogP) is 6.07. The third-order valence-electron chi connectivity index (χ3n) is 4.19. The van der Waals surface area contributed by atoms with Crippen molar-refractivity contribution in [2.24, 2.45) is 0 Å². The topological polar surface area (TPSA) is 71.6 Å². The van der Waals surface area contributed by atoms with E-state index in [-0.39, 0.29) is 5.91 Å². The summed E-state index contributed by atoms with van der Waals surface area (Å²) in [6.07, 6.45) is 0. The molecular weight excluding hydrogens is 457 g/mol. The van der Waals surface area contributed by atoms with Gasteiger partial charge in [0.25, 0.3) is 5.91 Å². The number of amides is 1. The Balaban J connectivity index is 1.60. The average molecular weight is 476 g/mol. The lowest BCUT2D eigenvalue weighted by Gasteiger charge is -2.13. The Morgan fingerprint density at radius 2 is 1.39 bits per heavy atom. The molecule has 0 bridgehead atoms. The van der Waals surface area contributed by atoms with Gasteiger partial charge >= 0.3 is 0 Å². The summed E-state index contributed by atoms with van der Waals surface area (Å²) in [5, 5.41) is 10.0. The summed E-state index contributed by atoms with van der Waals surface area (Å²) < 4.78 is 10.3. The van der Waals surface area contributed by atoms with Gasteiger partial charge in [0.05, 0.1) is 24.3 Å². The zero-order valence-electron chi connectivity index (χ0n) is 16.7. The first-order chi connectivity index (χ1) is 14.9. The van der Waals surface area contributed by atoms with Crippen LogP contribution in [-0.2, 0) is 0 Å². The highest BCUT2D eigenvalue weighted by Crippen LogP contribution is 2.35. The molecule has 0 radical (unpaired) electrons. The molecule has 0 fully saturated rings. The lowest BCUT2D eigenvalue weighted by atomic mass is 10.2. The van der Waals surface area contributed by atoms with Gasteiger partial charge < -0.3 is 25.4 Å². The molecule has 0 aromatic heterocycles. The normalized spacial score (nSPS) is 10.2. The van der Waals surface area contributed by atoms with Crippen LogP contribution >= 0.6 is 35.4 Å². The van der Waals surface area contributed by atoms with Crippen molar-refractivity contribution in [2.45, 2.75) is 0 Å². The Morgan fingerprint density at radius 3 is 1.97 bits per heavy atom. The minimum absolute atomic E-state index is 0.231. The molecule has 31 heavy (non-hydrogen) atoms. The van der Waals surface area contributed by atoms with Crippen LogP contribution in [0.3, 0.4) is 0 Å². The van der Waals surface area contributed by atoms with Crippen molar-refractivity contribution in [1.82, 2.24) is 0 Å². The quantitative estimate of drug-likeness (QED) is 0.375. The standard InChI is InChI=1S/C22H19Cl2N3O3S/c1-29-17-5-3-4-13(10-17)21(28)25-14-6-8-15(9-7-14)26-22(31)27-16-11-18(23)20(30-2)19(24)12-16/h3-12H,1-2H3,(H,25,28)(H2,26,27,31). The Bertz CT molecular complexity index is 1080. The molecule has 3 aromatic rings. The van der Waals surface area contributed by atoms with Gasteiger partial charge in [0.15, 0.2) is 10.9 Å². The summed E-state index contributed by atoms with van der Waals surface area (Å²) in [6, 6.07) is 17.4. The molecule has 1 amide bonds. The lowest BCUT2D eigenvalue weighted by Crippen LogP contribution is -2.19. The van der Waals surface area contributed by atoms with Crippen LogP contribution in [0, 0.1) is 0 Å². The molecule has 9 heteroatoms. The smallest absolute Gasteiger partial charge is 0.255 e. The first-order valence-electron chi connectivity index (χ1n) is 9.06. The second kappa shape index (κ2) is 10.3. The third kappa shape index (κ3) is 6.01. The van der Waals surface area contributed by atoms with Gasteiger partial charge in [0, 0.05) is 22.6 Å². The fourth-order valence-electron chi connectivity index (χ4n) is 2.72. The average Bonchev–Trinajstić information content (AvgIpc) is 2.75. The zero-order valence-corrected chi connectivity index (χ0v) is 19.0. The minimum atomic E-state index is -0.231. The van der Waals surface area contributed by atoms with Crippen molar-refractivity contribution in [1.29, 1.82) is 0 Å². The van der Waals surface area contributed by atoms with Crippen molar-refractivity contribution >= 4 is 63.5 Å². The van der Waals surface area contributed by atoms with Gasteiger partial charge in [0.1, 0.15) is 5.75 Å². The molecule has 0 aliphatic carbocycles. The number of rotatable bonds is 6. The summed E-state index contributed by atoms with van der Waals surface area (Å²) in [6.45, 7) is 0. The molecule has 6 nitrogen and oxygen atoms in total. The van der Waals surface area contributed by atoms with Gasteiger partial charge in [-0.3, -0.25) is 4.79 Å². The first kappa shape index (κ1) is 22.7. The molecule has 0 aliphatic heterocycles. The summed E-state index contributed by atoms with van der Waals surface area (Å²) in [5.41, 5.74) is 2.51. The van der Waals surface area contributed by atoms with Gasteiger partial charge in [-0.05, 0) is 66.8 Å². The van der Waals surface area contributed by atoms with Crippen LogP contribution < -0.4 is 25.4 Å². The molecule has 0 spiro atoms. The van der Waals surface area contributed by atoms with Gasteiger partial charge in [-0.25, -0.2) is 0 Å². The Hall–Kier alpha value is -3.00. The van der Waals surface area contributed by atoms with E-state index in [4.69, 9.17) is 44.9 Å². The maximum absolute atomic E-state index is 12.4. The number of nitrogens with one attached hydrogen (secondary N) is 3. The van der Waals surface area contributed by atoms with E-state index in [1.54, 1.807) is 67.8 Å². The maximum atomic E-state index is 12.4. The molecule has 0 saturated carbocycles. The summed E-state index contributed by atoms with van der Waals surface area (Å²) in [7, 11) is 3.05. The summed E-state index contributed by atoms with van der Waals surface area (Å²) in [5.74, 6) is 0.789. The van der Waals surface area contributed by atoms with Crippen molar-refractivity contribution in [3.8, 4) is 11.5 Å². The molecule has 0 heterocycles. The minimum Gasteiger partial charge on any atom is -0.497 e. The summed E-state index contributed by atoms with van der Waals surface area (Å²) in [4.78, 5) is 12.4. The molecule has 0 saturated heterocycles. The van der Waals surface area contributed by atoms with E-state index < -0.39 is 0 Å². The molecule has 160 valence electrons. The van der Waals surface area contributed by atoms with Crippen LogP contribution in [0.5, 0.6) is 11.5 Å². The number of thiocarbonyl (C=S) groups is 1. The van der Waals surface area contributed by atoms with Gasteiger partial charge in [-0.15, -0.1) is 0 Å². The number of anilines is 3. The van der Waals surface area contributed by atoms with E-state index in [1.807, 2.05) is 0 Å². The van der Waals surface area contributed by atoms with Gasteiger partial charge in [-0.1, -0.05) is 29.3 Å². The van der Waals surface area contributed by atoms with Crippen LogP contribution in [0.25, 0.3) is 0 Å². The molecule has 3 aromatic carbocycles. The first-order valence-corrected chi connectivity index (χ1v) is 10.2. The largest absolute Gasteiger partial charge is 0.497 e. The second-order valence-electron chi connectivity index (χ2n) is 6.32. The highest BCUT2D eigenvalue weighted by molar-refractivity contribution is 7.80. The Morgan fingerprint density at radius 1 is 0.806 bits per heavy atom. The van der Waals surface area contributed by atoms with Crippen LogP contribution in [-0.4, -0.2) is 25.2 Å². The van der Waals surface area contributed by atoms with Crippen molar-refractivity contribution < 1.29 is 14.3 Å². The number of hydrogen-bond acceptors (Lipinski definition) is 4. The van der Waals surface area contributed by atoms with Crippen molar-refractivity contribution in [2.75, 3.05) is 30.2 Å². The van der Waals surface area contributed by atoms with E-state index in [9.17, 15) is 4.79 Å². The van der Waals surface area contributed by atoms with E-state index in [0.29, 0.717) is 43.6 Å². The molecule has 0 unspecified atom stereocenters. The van der Waals surface area contributed by atoms with E-state index >= 15 is 0 Å². The maximum Gasteiger partial charge on any atom is 0.255 e. The summed E-state index contributed by atoms with van der Waals surface area (Å²) >= 11 is 17.6. The SMILES string of the molecule is COc1cccc(C(=O)Nc2ccc(NC(=S)Nc3cc(Cl)c(OC)c(Cl)c3)cc2)c1. The number of halogens is 2. The molecule has 3 N–H and O–H groups in total. The Kier molecular flexibility index (Phi) is 7.57. The number of carbonyl (C=O) groups excluding carboxylic acids is 1. The number of ether oxygens (including phenoxy) is 2. The fourth-order valence-corrected chi connectivity index (χ4v) is 3.60. The second-order valence-corrected chi connectivity index (χ2v) is 7.54. The molecular formula is C22H19Cl2N3O3S. The number of benzene rings is 3. The van der Waals surface area contributed by atoms with E-state index in [1.165, 1.54) is 7.11 Å². The number of hydrogen-bond donors (Lipinski definition) is 3. The number of carbonyl (C=O) groups is 1. The van der Waals surface area contributed by atoms with Crippen LogP contribution in [0.15, 0.2) is 60.7 Å². The zero-order chi connectivity index (χ0) is 22.4. The van der Waals surface area contributed by atoms with Gasteiger partial charge in [0.2, 0.25) is 0 Å². The van der Waals surface area contributed by atoms with Crippen LogP contribution in [0.1, 0.15) is 10.4 Å². The highest BCUT2D eigenvalue weighted by atomic mass is 35.5. The third-order valence-corrected chi connectivity index (χ3v) is 4.96. The monoisotopic (exact) mass is 475 g/mol. The lowest BCUT2D eigenvalue weighted by molar-refractivity contribution is 0.102. The van der Waals surface area contributed by atoms with Crippen molar-refractivity contribution in [3.63, 3.8) is 0 Å². The number of methoxy groups -OCH3 is 2.